The van der Waals surface area contributed by atoms with Crippen LogP contribution in [0, 0.1) is 0 Å². The van der Waals surface area contributed by atoms with Gasteiger partial charge in [0.05, 0.1) is 12.8 Å². The molecule has 0 unspecified atom stereocenters. The number of carbonyl (C=O) groups excluding carboxylic acids is 2. The number of ether oxygens (including phenoxy) is 2. The first kappa shape index (κ1) is 25.6. The molecule has 35 heavy (non-hydrogen) atoms. The molecule has 0 spiro atoms. The van der Waals surface area contributed by atoms with E-state index in [0.29, 0.717) is 22.7 Å². The molecule has 3 rings (SSSR count). The van der Waals surface area contributed by atoms with E-state index in [1.54, 1.807) is 36.4 Å². The van der Waals surface area contributed by atoms with Crippen molar-refractivity contribution in [1.29, 1.82) is 0 Å². The Morgan fingerprint density at radius 2 is 1.77 bits per heavy atom. The maximum atomic E-state index is 12.7. The smallest absolute Gasteiger partial charge is 0.435 e. The molecule has 0 aliphatic carbocycles. The number of benzene rings is 2. The average Bonchev–Trinajstić information content (AvgIpc) is 3.32. The molecule has 2 N–H and O–H groups in total. The van der Waals surface area contributed by atoms with E-state index in [2.05, 4.69) is 15.7 Å². The number of hydrogen-bond acceptors (Lipinski definition) is 5. The number of nitrogens with zero attached hydrogens (tertiary/aromatic N) is 2. The van der Waals surface area contributed by atoms with Crippen LogP contribution in [0.25, 0.3) is 5.69 Å². The molecule has 0 saturated carbocycles. The largest absolute Gasteiger partial charge is 0.493 e. The number of aromatic nitrogens is 2. The number of rotatable bonds is 9. The van der Waals surface area contributed by atoms with E-state index in [1.165, 1.54) is 19.4 Å². The zero-order valence-corrected chi connectivity index (χ0v) is 19.3. The van der Waals surface area contributed by atoms with Gasteiger partial charge in [-0.05, 0) is 55.8 Å². The summed E-state index contributed by atoms with van der Waals surface area (Å²) in [7, 11) is 1.43. The molecule has 0 fully saturated rings. The maximum Gasteiger partial charge on any atom is 0.435 e. The number of amides is 2. The molecular formula is C24H25F3N4O4. The Morgan fingerprint density at radius 1 is 1.06 bits per heavy atom. The van der Waals surface area contributed by atoms with Crippen molar-refractivity contribution in [1.82, 2.24) is 20.4 Å². The molecule has 3 aromatic rings. The van der Waals surface area contributed by atoms with Gasteiger partial charge in [0.15, 0.2) is 23.8 Å². The number of methoxy groups -OCH3 is 1. The normalized spacial score (nSPS) is 11.3. The lowest BCUT2D eigenvalue weighted by Crippen LogP contribution is -2.34. The van der Waals surface area contributed by atoms with Crippen LogP contribution in [0.2, 0.25) is 0 Å². The fourth-order valence-corrected chi connectivity index (χ4v) is 3.10. The molecule has 186 valence electrons. The molecule has 2 amide bonds. The van der Waals surface area contributed by atoms with E-state index in [4.69, 9.17) is 9.47 Å². The Labute approximate surface area is 200 Å². The zero-order chi connectivity index (χ0) is 25.6. The molecule has 0 aliphatic heterocycles. The second-order valence-electron chi connectivity index (χ2n) is 7.87. The maximum absolute atomic E-state index is 12.7. The highest BCUT2D eigenvalue weighted by molar-refractivity contribution is 5.94. The molecule has 0 saturated heterocycles. The van der Waals surface area contributed by atoms with Gasteiger partial charge in [-0.25, -0.2) is 4.68 Å². The lowest BCUT2D eigenvalue weighted by atomic mass is 10.1. The molecule has 11 heteroatoms. The van der Waals surface area contributed by atoms with Crippen molar-refractivity contribution in [2.24, 2.45) is 0 Å². The SMILES string of the molecule is COc1cc(C(=O)NCc2ccc(-n3ccc(C(F)(F)F)n3)cc2)ccc1OCC(=O)NC(C)C. The average molecular weight is 490 g/mol. The number of nitrogens with one attached hydrogen (secondary N) is 2. The van der Waals surface area contributed by atoms with E-state index in [9.17, 15) is 22.8 Å². The topological polar surface area (TPSA) is 94.5 Å². The highest BCUT2D eigenvalue weighted by atomic mass is 19.4. The van der Waals surface area contributed by atoms with Gasteiger partial charge in [0.25, 0.3) is 11.8 Å². The first-order chi connectivity index (χ1) is 16.6. The van der Waals surface area contributed by atoms with Gasteiger partial charge < -0.3 is 20.1 Å². The first-order valence-electron chi connectivity index (χ1n) is 10.7. The van der Waals surface area contributed by atoms with Crippen LogP contribution in [0.15, 0.2) is 54.7 Å². The van der Waals surface area contributed by atoms with Crippen LogP contribution >= 0.6 is 0 Å². The van der Waals surface area contributed by atoms with Crippen molar-refractivity contribution in [2.45, 2.75) is 32.6 Å². The van der Waals surface area contributed by atoms with Crippen molar-refractivity contribution in [3.05, 3.63) is 71.5 Å². The van der Waals surface area contributed by atoms with Gasteiger partial charge in [-0.1, -0.05) is 12.1 Å². The van der Waals surface area contributed by atoms with Crippen LogP contribution in [0.1, 0.15) is 35.5 Å². The fraction of sp³-hybridized carbons (Fsp3) is 0.292. The van der Waals surface area contributed by atoms with Gasteiger partial charge in [0, 0.05) is 24.3 Å². The molecule has 0 radical (unpaired) electrons. The molecule has 0 atom stereocenters. The highest BCUT2D eigenvalue weighted by Crippen LogP contribution is 2.29. The van der Waals surface area contributed by atoms with Crippen LogP contribution in [-0.4, -0.2) is 41.4 Å². The third kappa shape index (κ3) is 6.98. The quantitative estimate of drug-likeness (QED) is 0.477. The van der Waals surface area contributed by atoms with Gasteiger partial charge in [-0.15, -0.1) is 0 Å². The lowest BCUT2D eigenvalue weighted by Gasteiger charge is -2.13. The zero-order valence-electron chi connectivity index (χ0n) is 19.3. The Balaban J connectivity index is 1.58. The Morgan fingerprint density at radius 3 is 2.37 bits per heavy atom. The number of halogens is 3. The monoisotopic (exact) mass is 490 g/mol. The summed E-state index contributed by atoms with van der Waals surface area (Å²) in [5.74, 6) is -0.00995. The van der Waals surface area contributed by atoms with E-state index in [-0.39, 0.29) is 31.0 Å². The summed E-state index contributed by atoms with van der Waals surface area (Å²) in [5.41, 5.74) is 0.555. The summed E-state index contributed by atoms with van der Waals surface area (Å²) < 4.78 is 50.1. The van der Waals surface area contributed by atoms with Crippen LogP contribution < -0.4 is 20.1 Å². The number of hydrogen-bond donors (Lipinski definition) is 2. The highest BCUT2D eigenvalue weighted by Gasteiger charge is 2.33. The van der Waals surface area contributed by atoms with Gasteiger partial charge in [-0.3, -0.25) is 9.59 Å². The molecular weight excluding hydrogens is 465 g/mol. The minimum Gasteiger partial charge on any atom is -0.493 e. The summed E-state index contributed by atoms with van der Waals surface area (Å²) >= 11 is 0. The number of alkyl halides is 3. The predicted octanol–water partition coefficient (Wildman–Crippen LogP) is 3.73. The van der Waals surface area contributed by atoms with Gasteiger partial charge >= 0.3 is 6.18 Å². The van der Waals surface area contributed by atoms with E-state index < -0.39 is 11.9 Å². The Hall–Kier alpha value is -4.02. The summed E-state index contributed by atoms with van der Waals surface area (Å²) in [6.45, 7) is 3.69. The van der Waals surface area contributed by atoms with E-state index >= 15 is 0 Å². The second-order valence-corrected chi connectivity index (χ2v) is 7.87. The molecule has 0 aliphatic rings. The van der Waals surface area contributed by atoms with E-state index in [1.807, 2.05) is 13.8 Å². The van der Waals surface area contributed by atoms with Crippen molar-refractivity contribution in [3.63, 3.8) is 0 Å². The van der Waals surface area contributed by atoms with Crippen LogP contribution in [0.5, 0.6) is 11.5 Å². The molecule has 8 nitrogen and oxygen atoms in total. The lowest BCUT2D eigenvalue weighted by molar-refractivity contribution is -0.141. The van der Waals surface area contributed by atoms with Crippen molar-refractivity contribution in [2.75, 3.05) is 13.7 Å². The molecule has 1 aromatic heterocycles. The van der Waals surface area contributed by atoms with E-state index in [0.717, 1.165) is 16.3 Å². The standard InChI is InChI=1S/C24H25F3N4O4/c1-15(2)29-22(32)14-35-19-9-6-17(12-20(19)34-3)23(33)28-13-16-4-7-18(8-5-16)31-11-10-21(30-31)24(25,26)27/h4-12,15H,13-14H2,1-3H3,(H,28,33)(H,29,32). The van der Waals surface area contributed by atoms with Gasteiger partial charge in [-0.2, -0.15) is 18.3 Å². The second kappa shape index (κ2) is 10.9. The third-order valence-electron chi connectivity index (χ3n) is 4.77. The minimum absolute atomic E-state index is 0.0110. The fourth-order valence-electron chi connectivity index (χ4n) is 3.10. The predicted molar refractivity (Wildman–Crippen MR) is 122 cm³/mol. The van der Waals surface area contributed by atoms with Crippen molar-refractivity contribution < 1.29 is 32.2 Å². The third-order valence-corrected chi connectivity index (χ3v) is 4.77. The summed E-state index contributed by atoms with van der Waals surface area (Å²) in [4.78, 5) is 24.4. The van der Waals surface area contributed by atoms with Gasteiger partial charge in [0.1, 0.15) is 0 Å². The number of carbonyl (C=O) groups is 2. The molecule has 1 heterocycles. The molecule has 0 bridgehead atoms. The van der Waals surface area contributed by atoms with Crippen molar-refractivity contribution in [3.8, 4) is 17.2 Å². The molecule has 2 aromatic carbocycles. The Bertz CT molecular complexity index is 1170. The van der Waals surface area contributed by atoms with Crippen LogP contribution in [-0.2, 0) is 17.5 Å². The van der Waals surface area contributed by atoms with Crippen LogP contribution in [0.3, 0.4) is 0 Å². The summed E-state index contributed by atoms with van der Waals surface area (Å²) in [6, 6.07) is 12.1. The minimum atomic E-state index is -4.51. The summed E-state index contributed by atoms with van der Waals surface area (Å²) in [6.07, 6.45) is -3.28. The van der Waals surface area contributed by atoms with Gasteiger partial charge in [0.2, 0.25) is 0 Å². The van der Waals surface area contributed by atoms with Crippen LogP contribution in [0.4, 0.5) is 13.2 Å². The van der Waals surface area contributed by atoms with Crippen molar-refractivity contribution >= 4 is 11.8 Å². The summed E-state index contributed by atoms with van der Waals surface area (Å²) in [5, 5.41) is 9.02. The first-order valence-corrected chi connectivity index (χ1v) is 10.7. The Kier molecular flexibility index (Phi) is 8.00.